The Morgan fingerprint density at radius 3 is 2.95 bits per heavy atom. The van der Waals surface area contributed by atoms with E-state index in [0.29, 0.717) is 5.69 Å². The van der Waals surface area contributed by atoms with Gasteiger partial charge in [-0.25, -0.2) is 0 Å². The Morgan fingerprint density at radius 2 is 2.24 bits per heavy atom. The van der Waals surface area contributed by atoms with E-state index >= 15 is 0 Å². The van der Waals surface area contributed by atoms with Gasteiger partial charge in [0.1, 0.15) is 6.54 Å². The van der Waals surface area contributed by atoms with Crippen molar-refractivity contribution in [1.29, 1.82) is 0 Å². The van der Waals surface area contributed by atoms with Crippen LogP contribution in [0.2, 0.25) is 0 Å². The number of amides is 1. The molecule has 0 saturated heterocycles. The molecule has 0 atom stereocenters. The molecule has 0 aliphatic carbocycles. The summed E-state index contributed by atoms with van der Waals surface area (Å²) in [6, 6.07) is 7.66. The van der Waals surface area contributed by atoms with Crippen molar-refractivity contribution in [1.82, 2.24) is 14.7 Å². The van der Waals surface area contributed by atoms with Crippen molar-refractivity contribution < 1.29 is 4.79 Å². The van der Waals surface area contributed by atoms with E-state index in [9.17, 15) is 4.79 Å². The molecule has 1 aromatic heterocycles. The maximum Gasteiger partial charge on any atom is 0.239 e. The maximum absolute atomic E-state index is 11.2. The van der Waals surface area contributed by atoms with E-state index in [1.54, 1.807) is 4.68 Å². The fourth-order valence-corrected chi connectivity index (χ4v) is 2.82. The molecule has 3 rings (SSSR count). The fraction of sp³-hybridized carbons (Fsp3) is 0.333. The molecule has 21 heavy (non-hydrogen) atoms. The second kappa shape index (κ2) is 5.21. The highest BCUT2D eigenvalue weighted by Crippen LogP contribution is 2.30. The summed E-state index contributed by atoms with van der Waals surface area (Å²) in [6.45, 7) is 1.89. The van der Waals surface area contributed by atoms with Gasteiger partial charge in [-0.1, -0.05) is 12.1 Å². The lowest BCUT2D eigenvalue weighted by Crippen LogP contribution is -2.29. The number of hydrogen-bond donors (Lipinski definition) is 2. The van der Waals surface area contributed by atoms with E-state index in [4.69, 9.17) is 11.5 Å². The molecule has 1 amide bonds. The van der Waals surface area contributed by atoms with E-state index in [1.807, 2.05) is 24.3 Å². The van der Waals surface area contributed by atoms with E-state index < -0.39 is 0 Å². The van der Waals surface area contributed by atoms with Crippen LogP contribution >= 0.6 is 0 Å². The summed E-state index contributed by atoms with van der Waals surface area (Å²) in [7, 11) is 2.08. The molecule has 0 unspecified atom stereocenters. The highest BCUT2D eigenvalue weighted by molar-refractivity contribution is 5.74. The number of rotatable bonds is 3. The van der Waals surface area contributed by atoms with Crippen LogP contribution in [0.15, 0.2) is 24.3 Å². The molecule has 6 nitrogen and oxygen atoms in total. The molecule has 1 aromatic carbocycles. The zero-order chi connectivity index (χ0) is 15.0. The molecular formula is C15H19N5O. The van der Waals surface area contributed by atoms with Crippen LogP contribution < -0.4 is 11.5 Å². The van der Waals surface area contributed by atoms with Crippen LogP contribution in [0.1, 0.15) is 11.3 Å². The normalized spacial score (nSPS) is 14.9. The van der Waals surface area contributed by atoms with Gasteiger partial charge < -0.3 is 16.4 Å². The Balaban J connectivity index is 2.11. The first-order valence-corrected chi connectivity index (χ1v) is 6.96. The van der Waals surface area contributed by atoms with Crippen molar-refractivity contribution in [2.45, 2.75) is 19.5 Å². The number of carbonyl (C=O) groups excluding carboxylic acids is 1. The lowest BCUT2D eigenvalue weighted by molar-refractivity contribution is -0.118. The molecule has 0 spiro atoms. The number of nitrogens with zero attached hydrogens (tertiary/aromatic N) is 3. The standard InChI is InChI=1S/C15H19N5O/c1-19-6-5-13-12(8-19)15(18-20(13)9-14(17)21)10-3-2-4-11(16)7-10/h2-4,7H,5-6,8-9,16H2,1H3,(H2,17,21). The molecule has 4 N–H and O–H groups in total. The zero-order valence-electron chi connectivity index (χ0n) is 12.0. The lowest BCUT2D eigenvalue weighted by atomic mass is 10.0. The van der Waals surface area contributed by atoms with Gasteiger partial charge in [-0.3, -0.25) is 9.48 Å². The third kappa shape index (κ3) is 2.62. The number of primary amides is 1. The number of fused-ring (bicyclic) bond motifs is 1. The van der Waals surface area contributed by atoms with Gasteiger partial charge in [0.05, 0.1) is 5.69 Å². The number of carbonyl (C=O) groups is 1. The summed E-state index contributed by atoms with van der Waals surface area (Å²) >= 11 is 0. The van der Waals surface area contributed by atoms with Gasteiger partial charge in [-0.05, 0) is 19.2 Å². The van der Waals surface area contributed by atoms with Crippen LogP contribution in [-0.2, 0) is 24.3 Å². The molecule has 0 saturated carbocycles. The molecule has 2 heterocycles. The number of hydrogen-bond acceptors (Lipinski definition) is 4. The molecule has 0 bridgehead atoms. The van der Waals surface area contributed by atoms with Crippen LogP contribution in [0, 0.1) is 0 Å². The Kier molecular flexibility index (Phi) is 3.39. The van der Waals surface area contributed by atoms with Crippen molar-refractivity contribution in [3.05, 3.63) is 35.5 Å². The number of nitrogens with two attached hydrogens (primary N) is 2. The third-order valence-corrected chi connectivity index (χ3v) is 3.79. The summed E-state index contributed by atoms with van der Waals surface area (Å²) in [5, 5.41) is 4.61. The minimum Gasteiger partial charge on any atom is -0.399 e. The largest absolute Gasteiger partial charge is 0.399 e. The van der Waals surface area contributed by atoms with Crippen molar-refractivity contribution in [3.63, 3.8) is 0 Å². The van der Waals surface area contributed by atoms with Crippen molar-refractivity contribution in [2.75, 3.05) is 19.3 Å². The van der Waals surface area contributed by atoms with Gasteiger partial charge in [0.15, 0.2) is 0 Å². The first-order valence-electron chi connectivity index (χ1n) is 6.96. The Bertz CT molecular complexity index is 691. The maximum atomic E-state index is 11.2. The van der Waals surface area contributed by atoms with E-state index in [-0.39, 0.29) is 12.5 Å². The molecule has 6 heteroatoms. The van der Waals surface area contributed by atoms with Gasteiger partial charge in [0.2, 0.25) is 5.91 Å². The van der Waals surface area contributed by atoms with Crippen molar-refractivity contribution >= 4 is 11.6 Å². The molecular weight excluding hydrogens is 266 g/mol. The number of likely N-dealkylation sites (N-methyl/N-ethyl adjacent to an activating group) is 1. The number of anilines is 1. The van der Waals surface area contributed by atoms with Gasteiger partial charge in [0.25, 0.3) is 0 Å². The molecule has 110 valence electrons. The van der Waals surface area contributed by atoms with Gasteiger partial charge in [-0.15, -0.1) is 0 Å². The number of aromatic nitrogens is 2. The Labute approximate surface area is 123 Å². The second-order valence-corrected chi connectivity index (χ2v) is 5.51. The van der Waals surface area contributed by atoms with Crippen LogP contribution in [0.3, 0.4) is 0 Å². The smallest absolute Gasteiger partial charge is 0.239 e. The second-order valence-electron chi connectivity index (χ2n) is 5.51. The van der Waals surface area contributed by atoms with Crippen LogP contribution in [0.25, 0.3) is 11.3 Å². The summed E-state index contributed by atoms with van der Waals surface area (Å²) in [6.07, 6.45) is 0.869. The lowest BCUT2D eigenvalue weighted by Gasteiger charge is -2.23. The molecule has 1 aliphatic heterocycles. The summed E-state index contributed by atoms with van der Waals surface area (Å²) in [5.41, 5.74) is 16.0. The molecule has 0 fully saturated rings. The first kappa shape index (κ1) is 13.6. The van der Waals surface area contributed by atoms with Crippen molar-refractivity contribution in [2.24, 2.45) is 5.73 Å². The number of nitrogen functional groups attached to an aromatic ring is 1. The third-order valence-electron chi connectivity index (χ3n) is 3.79. The van der Waals surface area contributed by atoms with Crippen molar-refractivity contribution in [3.8, 4) is 11.3 Å². The SMILES string of the molecule is CN1CCc2c(c(-c3cccc(N)c3)nn2CC(N)=O)C1. The summed E-state index contributed by atoms with van der Waals surface area (Å²) in [4.78, 5) is 13.5. The average Bonchev–Trinajstić information content (AvgIpc) is 2.76. The van der Waals surface area contributed by atoms with E-state index in [0.717, 1.165) is 42.0 Å². The minimum atomic E-state index is -0.377. The Morgan fingerprint density at radius 1 is 1.43 bits per heavy atom. The monoisotopic (exact) mass is 285 g/mol. The quantitative estimate of drug-likeness (QED) is 0.808. The number of benzene rings is 1. The summed E-state index contributed by atoms with van der Waals surface area (Å²) < 4.78 is 1.74. The molecule has 0 radical (unpaired) electrons. The highest BCUT2D eigenvalue weighted by atomic mass is 16.1. The minimum absolute atomic E-state index is 0.119. The highest BCUT2D eigenvalue weighted by Gasteiger charge is 2.24. The zero-order valence-corrected chi connectivity index (χ0v) is 12.0. The average molecular weight is 285 g/mol. The molecule has 1 aliphatic rings. The predicted octanol–water partition coefficient (Wildman–Crippen LogP) is 0.606. The first-order chi connectivity index (χ1) is 10.0. The molecule has 2 aromatic rings. The fourth-order valence-electron chi connectivity index (χ4n) is 2.82. The topological polar surface area (TPSA) is 90.2 Å². The van der Waals surface area contributed by atoms with Crippen LogP contribution in [0.4, 0.5) is 5.69 Å². The van der Waals surface area contributed by atoms with Crippen LogP contribution in [0.5, 0.6) is 0 Å². The van der Waals surface area contributed by atoms with Gasteiger partial charge >= 0.3 is 0 Å². The summed E-state index contributed by atoms with van der Waals surface area (Å²) in [5.74, 6) is -0.377. The van der Waals surface area contributed by atoms with Gasteiger partial charge in [-0.2, -0.15) is 5.10 Å². The Hall–Kier alpha value is -2.34. The predicted molar refractivity (Wildman–Crippen MR) is 81.3 cm³/mol. The van der Waals surface area contributed by atoms with E-state index in [1.165, 1.54) is 0 Å². The van der Waals surface area contributed by atoms with E-state index in [2.05, 4.69) is 17.0 Å². The van der Waals surface area contributed by atoms with Crippen LogP contribution in [-0.4, -0.2) is 34.2 Å². The van der Waals surface area contributed by atoms with Gasteiger partial charge in [0, 0.05) is 42.0 Å².